The van der Waals surface area contributed by atoms with E-state index in [0.717, 1.165) is 0 Å². The van der Waals surface area contributed by atoms with Crippen molar-refractivity contribution in [1.29, 1.82) is 0 Å². The van der Waals surface area contributed by atoms with Crippen LogP contribution in [0.1, 0.15) is 15.9 Å². The maximum atomic E-state index is 13.5. The molecule has 7 heteroatoms. The summed E-state index contributed by atoms with van der Waals surface area (Å²) < 4.78 is 15.3. The van der Waals surface area contributed by atoms with Crippen molar-refractivity contribution in [1.82, 2.24) is 15.0 Å². The fourth-order valence-corrected chi connectivity index (χ4v) is 2.42. The highest BCUT2D eigenvalue weighted by atomic mass is 79.9. The van der Waals surface area contributed by atoms with Crippen LogP contribution in [0.15, 0.2) is 34.8 Å². The maximum Gasteiger partial charge on any atom is 0.335 e. The monoisotopic (exact) mass is 349 g/mol. The number of carboxylic acid groups (broad SMARTS) is 1. The lowest BCUT2D eigenvalue weighted by Gasteiger charge is -2.08. The number of benzene rings is 2. The molecular formula is C14H9BrFN3O2. The van der Waals surface area contributed by atoms with Crippen LogP contribution in [0.5, 0.6) is 0 Å². The second-order valence-corrected chi connectivity index (χ2v) is 5.42. The van der Waals surface area contributed by atoms with Crippen molar-refractivity contribution < 1.29 is 14.3 Å². The summed E-state index contributed by atoms with van der Waals surface area (Å²) in [5.74, 6) is -1.39. The van der Waals surface area contributed by atoms with Crippen molar-refractivity contribution in [3.05, 3.63) is 51.7 Å². The molecule has 1 heterocycles. The summed E-state index contributed by atoms with van der Waals surface area (Å²) in [6, 6.07) is 7.53. The zero-order chi connectivity index (χ0) is 15.1. The zero-order valence-corrected chi connectivity index (χ0v) is 12.4. The number of aromatic carboxylic acids is 1. The number of nitrogens with zero attached hydrogens (tertiary/aromatic N) is 3. The molecule has 0 saturated heterocycles. The number of carboxylic acids is 1. The first-order chi connectivity index (χ1) is 9.97. The lowest BCUT2D eigenvalue weighted by Crippen LogP contribution is -2.02. The Balaban J connectivity index is 2.27. The predicted octanol–water partition coefficient (Wildman–Crippen LogP) is 3.33. The molecule has 21 heavy (non-hydrogen) atoms. The van der Waals surface area contributed by atoms with Crippen LogP contribution in [-0.2, 0) is 0 Å². The maximum absolute atomic E-state index is 13.5. The van der Waals surface area contributed by atoms with Gasteiger partial charge in [0, 0.05) is 0 Å². The summed E-state index contributed by atoms with van der Waals surface area (Å²) in [5.41, 5.74) is 2.57. The van der Waals surface area contributed by atoms with Crippen molar-refractivity contribution in [3.8, 4) is 5.69 Å². The van der Waals surface area contributed by atoms with E-state index in [1.807, 2.05) is 0 Å². The molecule has 106 valence electrons. The third-order valence-electron chi connectivity index (χ3n) is 3.16. The summed E-state index contributed by atoms with van der Waals surface area (Å²) in [5, 5.41) is 17.1. The van der Waals surface area contributed by atoms with Gasteiger partial charge in [0.1, 0.15) is 11.3 Å². The van der Waals surface area contributed by atoms with Crippen molar-refractivity contribution in [2.75, 3.05) is 0 Å². The summed E-state index contributed by atoms with van der Waals surface area (Å²) >= 11 is 3.14. The largest absolute Gasteiger partial charge is 0.478 e. The van der Waals surface area contributed by atoms with Crippen molar-refractivity contribution in [3.63, 3.8) is 0 Å². The van der Waals surface area contributed by atoms with Crippen LogP contribution in [0, 0.1) is 12.7 Å². The number of hydrogen-bond acceptors (Lipinski definition) is 3. The van der Waals surface area contributed by atoms with Crippen LogP contribution in [0.2, 0.25) is 0 Å². The predicted molar refractivity (Wildman–Crippen MR) is 78.2 cm³/mol. The summed E-state index contributed by atoms with van der Waals surface area (Å²) in [7, 11) is 0. The first-order valence-electron chi connectivity index (χ1n) is 6.02. The lowest BCUT2D eigenvalue weighted by molar-refractivity contribution is 0.0697. The van der Waals surface area contributed by atoms with E-state index in [-0.39, 0.29) is 11.4 Å². The molecule has 0 amide bonds. The van der Waals surface area contributed by atoms with Crippen LogP contribution in [0.4, 0.5) is 4.39 Å². The molecule has 5 nitrogen and oxygen atoms in total. The molecule has 0 atom stereocenters. The van der Waals surface area contributed by atoms with E-state index in [0.29, 0.717) is 26.8 Å². The number of rotatable bonds is 2. The van der Waals surface area contributed by atoms with Gasteiger partial charge in [0.15, 0.2) is 0 Å². The third kappa shape index (κ3) is 2.29. The Labute approximate surface area is 127 Å². The molecule has 0 aliphatic carbocycles. The summed E-state index contributed by atoms with van der Waals surface area (Å²) in [6.45, 7) is 1.75. The number of aryl methyl sites for hydroxylation is 1. The molecular weight excluding hydrogens is 341 g/mol. The van der Waals surface area contributed by atoms with Crippen LogP contribution in [0.3, 0.4) is 0 Å². The van der Waals surface area contributed by atoms with E-state index in [4.69, 9.17) is 5.11 Å². The van der Waals surface area contributed by atoms with Gasteiger partial charge in [-0.2, -0.15) is 0 Å². The van der Waals surface area contributed by atoms with Gasteiger partial charge in [0.25, 0.3) is 0 Å². The standard InChI is InChI=1S/C14H9BrFN3O2/c1-7-4-10(16)9(15)6-12(7)19-13-5-8(14(20)21)2-3-11(13)17-18-19/h2-6H,1H3,(H,20,21). The van der Waals surface area contributed by atoms with Crippen LogP contribution in [0.25, 0.3) is 16.7 Å². The van der Waals surface area contributed by atoms with E-state index in [1.165, 1.54) is 22.9 Å². The topological polar surface area (TPSA) is 68.0 Å². The minimum absolute atomic E-state index is 0.143. The zero-order valence-electron chi connectivity index (χ0n) is 10.8. The number of aromatic nitrogens is 3. The van der Waals surface area contributed by atoms with Gasteiger partial charge in [-0.15, -0.1) is 5.10 Å². The smallest absolute Gasteiger partial charge is 0.335 e. The molecule has 1 aromatic heterocycles. The van der Waals surface area contributed by atoms with Crippen molar-refractivity contribution in [2.24, 2.45) is 0 Å². The Morgan fingerprint density at radius 3 is 2.81 bits per heavy atom. The van der Waals surface area contributed by atoms with Gasteiger partial charge in [-0.3, -0.25) is 0 Å². The Bertz CT molecular complexity index is 876. The molecule has 2 aromatic carbocycles. The molecule has 0 radical (unpaired) electrons. The number of fused-ring (bicyclic) bond motifs is 1. The first-order valence-corrected chi connectivity index (χ1v) is 6.81. The Morgan fingerprint density at radius 2 is 2.10 bits per heavy atom. The first kappa shape index (κ1) is 13.7. The van der Waals surface area contributed by atoms with Crippen molar-refractivity contribution in [2.45, 2.75) is 6.92 Å². The molecule has 0 saturated carbocycles. The fourth-order valence-electron chi connectivity index (χ4n) is 2.09. The highest BCUT2D eigenvalue weighted by Gasteiger charge is 2.13. The normalized spacial score (nSPS) is 11.0. The molecule has 0 spiro atoms. The van der Waals surface area contributed by atoms with Crippen LogP contribution in [-0.4, -0.2) is 26.1 Å². The van der Waals surface area contributed by atoms with Gasteiger partial charge in [0.2, 0.25) is 0 Å². The summed E-state index contributed by atoms with van der Waals surface area (Å²) in [6.07, 6.45) is 0. The summed E-state index contributed by atoms with van der Waals surface area (Å²) in [4.78, 5) is 11.1. The molecule has 0 bridgehead atoms. The average Bonchev–Trinajstić information content (AvgIpc) is 2.85. The van der Waals surface area contributed by atoms with Crippen LogP contribution >= 0.6 is 15.9 Å². The SMILES string of the molecule is Cc1cc(F)c(Br)cc1-n1nnc2ccc(C(=O)O)cc21. The van der Waals surface area contributed by atoms with Crippen LogP contribution < -0.4 is 0 Å². The molecule has 0 unspecified atom stereocenters. The highest BCUT2D eigenvalue weighted by molar-refractivity contribution is 9.10. The molecule has 1 N–H and O–H groups in total. The van der Waals surface area contributed by atoms with Gasteiger partial charge >= 0.3 is 5.97 Å². The quantitative estimate of drug-likeness (QED) is 0.770. The average molecular weight is 350 g/mol. The Kier molecular flexibility index (Phi) is 3.21. The second kappa shape index (κ2) is 4.92. The van der Waals surface area contributed by atoms with Gasteiger partial charge < -0.3 is 5.11 Å². The molecule has 3 rings (SSSR count). The molecule has 3 aromatic rings. The van der Waals surface area contributed by atoms with E-state index >= 15 is 0 Å². The lowest BCUT2D eigenvalue weighted by atomic mass is 10.1. The Morgan fingerprint density at radius 1 is 1.33 bits per heavy atom. The van der Waals surface area contributed by atoms with Gasteiger partial charge in [-0.25, -0.2) is 13.9 Å². The van der Waals surface area contributed by atoms with E-state index in [9.17, 15) is 9.18 Å². The van der Waals surface area contributed by atoms with E-state index < -0.39 is 5.97 Å². The van der Waals surface area contributed by atoms with E-state index in [1.54, 1.807) is 19.1 Å². The number of halogens is 2. The van der Waals surface area contributed by atoms with Gasteiger partial charge in [0.05, 0.1) is 21.2 Å². The number of hydrogen-bond donors (Lipinski definition) is 1. The minimum Gasteiger partial charge on any atom is -0.478 e. The minimum atomic E-state index is -1.03. The third-order valence-corrected chi connectivity index (χ3v) is 3.77. The molecule has 0 aliphatic rings. The van der Waals surface area contributed by atoms with Gasteiger partial charge in [-0.1, -0.05) is 5.21 Å². The second-order valence-electron chi connectivity index (χ2n) is 4.56. The fraction of sp³-hybridized carbons (Fsp3) is 0.0714. The molecule has 0 aliphatic heterocycles. The van der Waals surface area contributed by atoms with Crippen molar-refractivity contribution >= 4 is 32.9 Å². The number of carbonyl (C=O) groups is 1. The Hall–Kier alpha value is -2.28. The van der Waals surface area contributed by atoms with Gasteiger partial charge in [-0.05, 0) is 58.7 Å². The highest BCUT2D eigenvalue weighted by Crippen LogP contribution is 2.25. The van der Waals surface area contributed by atoms with E-state index in [2.05, 4.69) is 26.2 Å². The molecule has 0 fully saturated rings.